The summed E-state index contributed by atoms with van der Waals surface area (Å²) in [5.74, 6) is -0.472. The SMILES string of the molecule is O=C1NC(=O)C(C2CCCN2S(=O)(=O)c2ccccc2)N1. The summed E-state index contributed by atoms with van der Waals surface area (Å²) in [6.07, 6.45) is 1.21. The van der Waals surface area contributed by atoms with E-state index in [1.54, 1.807) is 18.2 Å². The summed E-state index contributed by atoms with van der Waals surface area (Å²) in [4.78, 5) is 23.2. The van der Waals surface area contributed by atoms with Gasteiger partial charge in [-0.3, -0.25) is 10.1 Å². The monoisotopic (exact) mass is 309 g/mol. The minimum atomic E-state index is -3.66. The van der Waals surface area contributed by atoms with Gasteiger partial charge in [0.2, 0.25) is 10.0 Å². The highest BCUT2D eigenvalue weighted by Crippen LogP contribution is 2.28. The second kappa shape index (κ2) is 5.12. The van der Waals surface area contributed by atoms with Gasteiger partial charge in [-0.1, -0.05) is 18.2 Å². The topological polar surface area (TPSA) is 95.6 Å². The molecule has 2 aliphatic heterocycles. The van der Waals surface area contributed by atoms with Gasteiger partial charge in [0.1, 0.15) is 6.04 Å². The summed E-state index contributed by atoms with van der Waals surface area (Å²) in [6.45, 7) is 0.349. The zero-order valence-corrected chi connectivity index (χ0v) is 12.0. The molecule has 3 rings (SSSR count). The molecule has 2 unspecified atom stereocenters. The van der Waals surface area contributed by atoms with Gasteiger partial charge in [-0.2, -0.15) is 4.31 Å². The third-order valence-corrected chi connectivity index (χ3v) is 5.73. The van der Waals surface area contributed by atoms with Crippen molar-refractivity contribution in [2.24, 2.45) is 0 Å². The second-order valence-electron chi connectivity index (χ2n) is 5.08. The maximum Gasteiger partial charge on any atom is 0.322 e. The van der Waals surface area contributed by atoms with Gasteiger partial charge in [-0.05, 0) is 25.0 Å². The Morgan fingerprint density at radius 3 is 2.48 bits per heavy atom. The summed E-state index contributed by atoms with van der Waals surface area (Å²) in [6, 6.07) is 6.17. The summed E-state index contributed by atoms with van der Waals surface area (Å²) < 4.78 is 26.7. The fraction of sp³-hybridized carbons (Fsp3) is 0.385. The van der Waals surface area contributed by atoms with Gasteiger partial charge in [0.25, 0.3) is 5.91 Å². The molecule has 112 valence electrons. The summed E-state index contributed by atoms with van der Waals surface area (Å²) >= 11 is 0. The molecule has 8 heteroatoms. The third kappa shape index (κ3) is 2.40. The minimum absolute atomic E-state index is 0.196. The van der Waals surface area contributed by atoms with E-state index in [1.807, 2.05) is 0 Å². The lowest BCUT2D eigenvalue weighted by Gasteiger charge is -2.27. The van der Waals surface area contributed by atoms with Crippen LogP contribution in [0.3, 0.4) is 0 Å². The Morgan fingerprint density at radius 1 is 1.14 bits per heavy atom. The van der Waals surface area contributed by atoms with Crippen LogP contribution in [-0.4, -0.2) is 43.3 Å². The Bertz CT molecular complexity index is 674. The van der Waals surface area contributed by atoms with Crippen LogP contribution in [0.4, 0.5) is 4.79 Å². The van der Waals surface area contributed by atoms with Gasteiger partial charge in [0, 0.05) is 6.54 Å². The quantitative estimate of drug-likeness (QED) is 0.771. The minimum Gasteiger partial charge on any atom is -0.324 e. The van der Waals surface area contributed by atoms with Gasteiger partial charge in [0.15, 0.2) is 0 Å². The Labute approximate surface area is 122 Å². The number of benzene rings is 1. The van der Waals surface area contributed by atoms with Crippen molar-refractivity contribution in [1.82, 2.24) is 14.9 Å². The Kier molecular flexibility index (Phi) is 3.42. The number of nitrogens with zero attached hydrogens (tertiary/aromatic N) is 1. The van der Waals surface area contributed by atoms with Crippen LogP contribution in [0.5, 0.6) is 0 Å². The average molecular weight is 309 g/mol. The van der Waals surface area contributed by atoms with E-state index < -0.39 is 34.0 Å². The molecule has 0 radical (unpaired) electrons. The van der Waals surface area contributed by atoms with Crippen LogP contribution in [0.15, 0.2) is 35.2 Å². The standard InChI is InChI=1S/C13H15N3O4S/c17-12-11(14-13(18)15-12)10-7-4-8-16(10)21(19,20)9-5-2-1-3-6-9/h1-3,5-6,10-11H,4,7-8H2,(H2,14,15,17,18). The molecule has 0 saturated carbocycles. The maximum absolute atomic E-state index is 12.7. The number of sulfonamides is 1. The lowest BCUT2D eigenvalue weighted by molar-refractivity contribution is -0.121. The molecule has 7 nitrogen and oxygen atoms in total. The molecule has 0 aromatic heterocycles. The fourth-order valence-corrected chi connectivity index (χ4v) is 4.55. The molecule has 2 aliphatic rings. The van der Waals surface area contributed by atoms with Crippen LogP contribution in [0.1, 0.15) is 12.8 Å². The first-order chi connectivity index (χ1) is 10.00. The molecular formula is C13H15N3O4S. The first kappa shape index (κ1) is 14.0. The van der Waals surface area contributed by atoms with Gasteiger partial charge in [-0.15, -0.1) is 0 Å². The third-order valence-electron chi connectivity index (χ3n) is 3.79. The number of hydrogen-bond donors (Lipinski definition) is 2. The molecular weight excluding hydrogens is 294 g/mol. The van der Waals surface area contributed by atoms with Gasteiger partial charge in [0.05, 0.1) is 10.9 Å². The van der Waals surface area contributed by atoms with E-state index in [9.17, 15) is 18.0 Å². The molecule has 21 heavy (non-hydrogen) atoms. The molecule has 1 aromatic rings. The van der Waals surface area contributed by atoms with E-state index in [2.05, 4.69) is 10.6 Å². The fourth-order valence-electron chi connectivity index (χ4n) is 2.83. The van der Waals surface area contributed by atoms with Crippen LogP contribution in [-0.2, 0) is 14.8 Å². The Morgan fingerprint density at radius 2 is 1.86 bits per heavy atom. The number of carbonyl (C=O) groups excluding carboxylic acids is 2. The molecule has 0 bridgehead atoms. The maximum atomic E-state index is 12.7. The van der Waals surface area contributed by atoms with Crippen molar-refractivity contribution in [3.05, 3.63) is 30.3 Å². The zero-order chi connectivity index (χ0) is 15.0. The molecule has 0 aliphatic carbocycles. The number of imide groups is 1. The average Bonchev–Trinajstić information content (AvgIpc) is 3.06. The normalized spacial score (nSPS) is 26.7. The number of rotatable bonds is 3. The van der Waals surface area contributed by atoms with E-state index in [0.717, 1.165) is 0 Å². The molecule has 2 atom stereocenters. The van der Waals surface area contributed by atoms with Crippen LogP contribution in [0, 0.1) is 0 Å². The van der Waals surface area contributed by atoms with Crippen molar-refractivity contribution in [2.45, 2.75) is 29.8 Å². The molecule has 2 saturated heterocycles. The zero-order valence-electron chi connectivity index (χ0n) is 11.2. The molecule has 2 heterocycles. The van der Waals surface area contributed by atoms with E-state index in [4.69, 9.17) is 0 Å². The molecule has 3 amide bonds. The Balaban J connectivity index is 1.91. The first-order valence-electron chi connectivity index (χ1n) is 6.68. The highest BCUT2D eigenvalue weighted by molar-refractivity contribution is 7.89. The van der Waals surface area contributed by atoms with Crippen molar-refractivity contribution in [2.75, 3.05) is 6.54 Å². The molecule has 1 aromatic carbocycles. The van der Waals surface area contributed by atoms with E-state index >= 15 is 0 Å². The summed E-state index contributed by atoms with van der Waals surface area (Å²) in [7, 11) is -3.66. The van der Waals surface area contributed by atoms with E-state index in [1.165, 1.54) is 16.4 Å². The first-order valence-corrected chi connectivity index (χ1v) is 8.12. The number of carbonyl (C=O) groups is 2. The number of hydrogen-bond acceptors (Lipinski definition) is 4. The van der Waals surface area contributed by atoms with Crippen molar-refractivity contribution < 1.29 is 18.0 Å². The number of urea groups is 1. The molecule has 2 N–H and O–H groups in total. The van der Waals surface area contributed by atoms with Crippen molar-refractivity contribution in [3.8, 4) is 0 Å². The summed E-state index contributed by atoms with van der Waals surface area (Å²) in [5.41, 5.74) is 0. The summed E-state index contributed by atoms with van der Waals surface area (Å²) in [5, 5.41) is 4.64. The Hall–Kier alpha value is -1.93. The highest BCUT2D eigenvalue weighted by Gasteiger charge is 2.45. The van der Waals surface area contributed by atoms with E-state index in [-0.39, 0.29) is 4.90 Å². The van der Waals surface area contributed by atoms with Gasteiger partial charge >= 0.3 is 6.03 Å². The lowest BCUT2D eigenvalue weighted by atomic mass is 10.1. The molecule has 2 fully saturated rings. The second-order valence-corrected chi connectivity index (χ2v) is 6.97. The van der Waals surface area contributed by atoms with Crippen molar-refractivity contribution >= 4 is 22.0 Å². The van der Waals surface area contributed by atoms with Crippen LogP contribution >= 0.6 is 0 Å². The molecule has 0 spiro atoms. The number of nitrogens with one attached hydrogen (secondary N) is 2. The predicted molar refractivity (Wildman–Crippen MR) is 73.8 cm³/mol. The predicted octanol–water partition coefficient (Wildman–Crippen LogP) is 0.0477. The van der Waals surface area contributed by atoms with Crippen molar-refractivity contribution in [3.63, 3.8) is 0 Å². The van der Waals surface area contributed by atoms with Gasteiger partial charge in [-0.25, -0.2) is 13.2 Å². The highest BCUT2D eigenvalue weighted by atomic mass is 32.2. The van der Waals surface area contributed by atoms with Crippen LogP contribution < -0.4 is 10.6 Å². The largest absolute Gasteiger partial charge is 0.324 e. The van der Waals surface area contributed by atoms with Crippen LogP contribution in [0.25, 0.3) is 0 Å². The van der Waals surface area contributed by atoms with Gasteiger partial charge < -0.3 is 5.32 Å². The smallest absolute Gasteiger partial charge is 0.322 e. The lowest BCUT2D eigenvalue weighted by Crippen LogP contribution is -2.49. The van der Waals surface area contributed by atoms with Crippen LogP contribution in [0.2, 0.25) is 0 Å². The van der Waals surface area contributed by atoms with Crippen molar-refractivity contribution in [1.29, 1.82) is 0 Å². The van der Waals surface area contributed by atoms with E-state index in [0.29, 0.717) is 19.4 Å². The number of amides is 3.